The maximum atomic E-state index is 13.4. The Morgan fingerprint density at radius 3 is 2.38 bits per heavy atom. The number of hydrogen-bond acceptors (Lipinski definition) is 3. The predicted octanol–water partition coefficient (Wildman–Crippen LogP) is 3.86. The first-order valence-corrected chi connectivity index (χ1v) is 9.77. The third-order valence-electron chi connectivity index (χ3n) is 5.87. The zero-order chi connectivity index (χ0) is 19.8. The van der Waals surface area contributed by atoms with E-state index in [9.17, 15) is 9.18 Å². The Morgan fingerprint density at radius 2 is 1.69 bits per heavy atom. The average Bonchev–Trinajstić information content (AvgIpc) is 2.75. The van der Waals surface area contributed by atoms with Crippen LogP contribution in [0.15, 0.2) is 73.1 Å². The van der Waals surface area contributed by atoms with Crippen molar-refractivity contribution in [3.8, 4) is 11.1 Å². The minimum absolute atomic E-state index is 0.0917. The Hall–Kier alpha value is -3.25. The average molecular weight is 388 g/mol. The number of nitrogens with zero attached hydrogens (tertiary/aromatic N) is 2. The van der Waals surface area contributed by atoms with Gasteiger partial charge in [0.1, 0.15) is 5.82 Å². The standard InChI is InChI=1S/C23H21FN4O/c24-18-2-1-3-19(12-18)27-23(29)28-20-13-26-14-21(28)22(20)17-6-4-15(5-7-17)16-8-10-25-11-9-16/h1-12,20-22,26H,13-14H2,(H,27,29)/t20-,21+,22?. The molecule has 29 heavy (non-hydrogen) atoms. The first kappa shape index (κ1) is 17.8. The lowest BCUT2D eigenvalue weighted by atomic mass is 9.72. The van der Waals surface area contributed by atoms with Gasteiger partial charge in [-0.3, -0.25) is 4.98 Å². The fraction of sp³-hybridized carbons (Fsp3) is 0.217. The van der Waals surface area contributed by atoms with Gasteiger partial charge in [-0.2, -0.15) is 0 Å². The molecule has 5 nitrogen and oxygen atoms in total. The van der Waals surface area contributed by atoms with Gasteiger partial charge in [0.05, 0.1) is 12.1 Å². The SMILES string of the molecule is O=C(Nc1cccc(F)c1)N1[C@@H]2CNC[C@H]1C2c1ccc(-c2ccncc2)cc1. The van der Waals surface area contributed by atoms with Gasteiger partial charge in [0, 0.05) is 37.1 Å². The van der Waals surface area contributed by atoms with Gasteiger partial charge in [0.15, 0.2) is 0 Å². The van der Waals surface area contributed by atoms with Crippen LogP contribution in [0.2, 0.25) is 0 Å². The van der Waals surface area contributed by atoms with Crippen molar-refractivity contribution < 1.29 is 9.18 Å². The molecule has 146 valence electrons. The van der Waals surface area contributed by atoms with Crippen molar-refractivity contribution in [2.45, 2.75) is 18.0 Å². The van der Waals surface area contributed by atoms with E-state index in [1.54, 1.807) is 24.5 Å². The molecule has 3 aromatic rings. The molecule has 1 unspecified atom stereocenters. The summed E-state index contributed by atoms with van der Waals surface area (Å²) in [4.78, 5) is 18.8. The Labute approximate surface area is 168 Å². The third kappa shape index (κ3) is 3.25. The molecular weight excluding hydrogens is 367 g/mol. The molecule has 2 fully saturated rings. The molecule has 0 saturated carbocycles. The number of urea groups is 1. The topological polar surface area (TPSA) is 57.3 Å². The Morgan fingerprint density at radius 1 is 1.00 bits per heavy atom. The van der Waals surface area contributed by atoms with Crippen molar-refractivity contribution in [2.75, 3.05) is 18.4 Å². The largest absolute Gasteiger partial charge is 0.322 e. The molecule has 2 bridgehead atoms. The Balaban J connectivity index is 1.32. The summed E-state index contributed by atoms with van der Waals surface area (Å²) in [6.45, 7) is 1.51. The minimum atomic E-state index is -0.361. The van der Waals surface area contributed by atoms with Crippen LogP contribution in [0.3, 0.4) is 0 Å². The van der Waals surface area contributed by atoms with Crippen LogP contribution < -0.4 is 10.6 Å². The number of fused-ring (bicyclic) bond motifs is 2. The van der Waals surface area contributed by atoms with Crippen LogP contribution in [0.4, 0.5) is 14.9 Å². The van der Waals surface area contributed by atoms with E-state index in [-0.39, 0.29) is 23.9 Å². The van der Waals surface area contributed by atoms with Gasteiger partial charge in [-0.1, -0.05) is 30.3 Å². The maximum absolute atomic E-state index is 13.4. The smallest absolute Gasteiger partial charge is 0.315 e. The molecule has 3 atom stereocenters. The van der Waals surface area contributed by atoms with E-state index in [1.165, 1.54) is 17.7 Å². The molecule has 3 heterocycles. The fourth-order valence-corrected chi connectivity index (χ4v) is 4.52. The lowest BCUT2D eigenvalue weighted by molar-refractivity contribution is 0.00202. The number of halogens is 1. The number of piperidine rings is 1. The second-order valence-electron chi connectivity index (χ2n) is 7.52. The minimum Gasteiger partial charge on any atom is -0.315 e. The third-order valence-corrected chi connectivity index (χ3v) is 5.87. The Bertz CT molecular complexity index is 1010. The Kier molecular flexibility index (Phi) is 4.48. The zero-order valence-electron chi connectivity index (χ0n) is 15.8. The number of carbonyl (C=O) groups is 1. The second-order valence-corrected chi connectivity index (χ2v) is 7.52. The monoisotopic (exact) mass is 388 g/mol. The van der Waals surface area contributed by atoms with Crippen LogP contribution in [-0.4, -0.2) is 41.1 Å². The normalized spacial score (nSPS) is 22.7. The summed E-state index contributed by atoms with van der Waals surface area (Å²) in [6.07, 6.45) is 3.58. The molecule has 2 aliphatic heterocycles. The number of hydrogen-bond donors (Lipinski definition) is 2. The number of aromatic nitrogens is 1. The molecule has 5 rings (SSSR count). The number of nitrogens with one attached hydrogen (secondary N) is 2. The number of benzene rings is 2. The molecule has 2 N–H and O–H groups in total. The lowest BCUT2D eigenvalue weighted by Gasteiger charge is -2.59. The van der Waals surface area contributed by atoms with Crippen molar-refractivity contribution in [2.24, 2.45) is 0 Å². The summed E-state index contributed by atoms with van der Waals surface area (Å²) in [5.41, 5.74) is 4.01. The van der Waals surface area contributed by atoms with Crippen LogP contribution in [0.5, 0.6) is 0 Å². The molecule has 0 radical (unpaired) electrons. The number of rotatable bonds is 3. The van der Waals surface area contributed by atoms with Crippen molar-refractivity contribution in [3.63, 3.8) is 0 Å². The number of piperazine rings is 1. The lowest BCUT2D eigenvalue weighted by Crippen LogP contribution is -2.74. The number of carbonyl (C=O) groups excluding carboxylic acids is 1. The van der Waals surface area contributed by atoms with Gasteiger partial charge in [-0.15, -0.1) is 0 Å². The second kappa shape index (κ2) is 7.29. The van der Waals surface area contributed by atoms with Crippen LogP contribution in [-0.2, 0) is 0 Å². The number of amides is 2. The van der Waals surface area contributed by atoms with E-state index in [1.807, 2.05) is 17.0 Å². The van der Waals surface area contributed by atoms with E-state index in [0.717, 1.165) is 24.2 Å². The summed E-state index contributed by atoms with van der Waals surface area (Å²) in [5, 5.41) is 6.22. The van der Waals surface area contributed by atoms with Crippen molar-refractivity contribution in [3.05, 3.63) is 84.4 Å². The van der Waals surface area contributed by atoms with E-state index in [4.69, 9.17) is 0 Å². The van der Waals surface area contributed by atoms with Gasteiger partial charge in [-0.05, 0) is 47.0 Å². The van der Waals surface area contributed by atoms with Crippen molar-refractivity contribution in [1.82, 2.24) is 15.2 Å². The summed E-state index contributed by atoms with van der Waals surface area (Å²) >= 11 is 0. The van der Waals surface area contributed by atoms with Crippen LogP contribution in [0.1, 0.15) is 11.5 Å². The molecule has 6 heteroatoms. The van der Waals surface area contributed by atoms with Crippen molar-refractivity contribution in [1.29, 1.82) is 0 Å². The molecule has 1 aromatic heterocycles. The summed E-state index contributed by atoms with van der Waals surface area (Å²) in [6, 6.07) is 18.6. The highest BCUT2D eigenvalue weighted by Gasteiger charge is 2.53. The molecule has 2 saturated heterocycles. The highest BCUT2D eigenvalue weighted by Crippen LogP contribution is 2.43. The van der Waals surface area contributed by atoms with E-state index < -0.39 is 0 Å². The molecule has 2 aromatic carbocycles. The summed E-state index contributed by atoms with van der Waals surface area (Å²) in [5.74, 6) is -0.0542. The van der Waals surface area contributed by atoms with Crippen molar-refractivity contribution >= 4 is 11.7 Å². The molecular formula is C23H21FN4O. The van der Waals surface area contributed by atoms with E-state index in [2.05, 4.69) is 39.9 Å². The van der Waals surface area contributed by atoms with Gasteiger partial charge in [-0.25, -0.2) is 9.18 Å². The maximum Gasteiger partial charge on any atom is 0.322 e. The predicted molar refractivity (Wildman–Crippen MR) is 110 cm³/mol. The van der Waals surface area contributed by atoms with Gasteiger partial charge < -0.3 is 15.5 Å². The first-order valence-electron chi connectivity index (χ1n) is 9.77. The number of pyridine rings is 1. The quantitative estimate of drug-likeness (QED) is 0.716. The van der Waals surface area contributed by atoms with Crippen LogP contribution in [0, 0.1) is 5.82 Å². The highest BCUT2D eigenvalue weighted by atomic mass is 19.1. The van der Waals surface area contributed by atoms with Gasteiger partial charge in [0.2, 0.25) is 0 Å². The zero-order valence-corrected chi connectivity index (χ0v) is 15.8. The highest BCUT2D eigenvalue weighted by molar-refractivity contribution is 5.91. The first-order chi connectivity index (χ1) is 14.2. The summed E-state index contributed by atoms with van der Waals surface area (Å²) < 4.78 is 13.4. The summed E-state index contributed by atoms with van der Waals surface area (Å²) in [7, 11) is 0. The fourth-order valence-electron chi connectivity index (χ4n) is 4.52. The molecule has 0 spiro atoms. The molecule has 2 aliphatic rings. The number of anilines is 1. The molecule has 0 aliphatic carbocycles. The van der Waals surface area contributed by atoms with Gasteiger partial charge in [0.25, 0.3) is 0 Å². The van der Waals surface area contributed by atoms with Gasteiger partial charge >= 0.3 is 6.03 Å². The molecule has 2 amide bonds. The van der Waals surface area contributed by atoms with E-state index in [0.29, 0.717) is 11.6 Å². The van der Waals surface area contributed by atoms with E-state index >= 15 is 0 Å². The van der Waals surface area contributed by atoms with Crippen LogP contribution in [0.25, 0.3) is 11.1 Å². The van der Waals surface area contributed by atoms with Crippen LogP contribution >= 0.6 is 0 Å².